The molecule has 1 saturated heterocycles. The summed E-state index contributed by atoms with van der Waals surface area (Å²) in [6.45, 7) is 4.37. The Morgan fingerprint density at radius 2 is 2.08 bits per heavy atom. The molecule has 5 nitrogen and oxygen atoms in total. The second kappa shape index (κ2) is 7.00. The van der Waals surface area contributed by atoms with Gasteiger partial charge in [-0.25, -0.2) is 0 Å². The minimum Gasteiger partial charge on any atom is -0.373 e. The molecular formula is C20H25N3O2. The average Bonchev–Trinajstić information content (AvgIpc) is 3.08. The largest absolute Gasteiger partial charge is 0.373 e. The highest BCUT2D eigenvalue weighted by Gasteiger charge is 2.28. The molecular weight excluding hydrogens is 314 g/mol. The topological polar surface area (TPSA) is 47.4 Å². The number of piperidine rings is 1. The predicted octanol–water partition coefficient (Wildman–Crippen LogP) is 3.06. The minimum absolute atomic E-state index is 0.0936. The van der Waals surface area contributed by atoms with Gasteiger partial charge in [0.2, 0.25) is 5.91 Å². The number of carbonyl (C=O) groups excluding carboxylic acids is 1. The highest BCUT2D eigenvalue weighted by Crippen LogP contribution is 2.31. The van der Waals surface area contributed by atoms with Crippen molar-refractivity contribution in [3.8, 4) is 0 Å². The summed E-state index contributed by atoms with van der Waals surface area (Å²) in [5.74, 6) is 0.205. The maximum Gasteiger partial charge on any atom is 0.225 e. The fourth-order valence-corrected chi connectivity index (χ4v) is 3.95. The van der Waals surface area contributed by atoms with Gasteiger partial charge in [-0.1, -0.05) is 24.3 Å². The monoisotopic (exact) mass is 339 g/mol. The maximum atomic E-state index is 12.7. The van der Waals surface area contributed by atoms with Gasteiger partial charge in [-0.2, -0.15) is 5.10 Å². The van der Waals surface area contributed by atoms with Crippen molar-refractivity contribution in [1.29, 1.82) is 0 Å². The Morgan fingerprint density at radius 3 is 2.84 bits per heavy atom. The van der Waals surface area contributed by atoms with Crippen LogP contribution in [0.1, 0.15) is 48.1 Å². The molecule has 0 N–H and O–H groups in total. The molecule has 1 fully saturated rings. The van der Waals surface area contributed by atoms with Crippen molar-refractivity contribution in [2.24, 2.45) is 0 Å². The van der Waals surface area contributed by atoms with Gasteiger partial charge in [0.15, 0.2) is 0 Å². The molecule has 0 bridgehead atoms. The summed E-state index contributed by atoms with van der Waals surface area (Å²) in [5, 5.41) is 4.42. The lowest BCUT2D eigenvalue weighted by Gasteiger charge is -2.34. The van der Waals surface area contributed by atoms with Crippen molar-refractivity contribution in [3.05, 3.63) is 53.3 Å². The van der Waals surface area contributed by atoms with Crippen LogP contribution in [0.5, 0.6) is 0 Å². The zero-order chi connectivity index (χ0) is 17.2. The maximum absolute atomic E-state index is 12.7. The van der Waals surface area contributed by atoms with Gasteiger partial charge < -0.3 is 9.64 Å². The van der Waals surface area contributed by atoms with E-state index in [1.54, 1.807) is 0 Å². The van der Waals surface area contributed by atoms with Gasteiger partial charge in [-0.3, -0.25) is 9.48 Å². The van der Waals surface area contributed by atoms with E-state index in [-0.39, 0.29) is 12.0 Å². The number of likely N-dealkylation sites (tertiary alicyclic amines) is 1. The molecule has 1 aromatic heterocycles. The van der Waals surface area contributed by atoms with Gasteiger partial charge in [0.25, 0.3) is 0 Å². The van der Waals surface area contributed by atoms with E-state index in [0.717, 1.165) is 32.4 Å². The number of aromatic nitrogens is 2. The third kappa shape index (κ3) is 3.47. The molecule has 3 heterocycles. The first kappa shape index (κ1) is 16.3. The van der Waals surface area contributed by atoms with E-state index >= 15 is 0 Å². The Labute approximate surface area is 148 Å². The van der Waals surface area contributed by atoms with Gasteiger partial charge in [0.1, 0.15) is 0 Å². The number of benzene rings is 1. The van der Waals surface area contributed by atoms with Crippen LogP contribution >= 0.6 is 0 Å². The first-order chi connectivity index (χ1) is 12.2. The third-order valence-electron chi connectivity index (χ3n) is 5.37. The number of aryl methyl sites for hydroxylation is 1. The van der Waals surface area contributed by atoms with E-state index in [9.17, 15) is 4.79 Å². The van der Waals surface area contributed by atoms with Crippen molar-refractivity contribution in [2.75, 3.05) is 19.7 Å². The van der Waals surface area contributed by atoms with Crippen molar-refractivity contribution < 1.29 is 9.53 Å². The van der Waals surface area contributed by atoms with Gasteiger partial charge in [-0.05, 0) is 42.9 Å². The summed E-state index contributed by atoms with van der Waals surface area (Å²) in [6.07, 6.45) is 7.22. The number of carbonyl (C=O) groups is 1. The van der Waals surface area contributed by atoms with Crippen molar-refractivity contribution in [1.82, 2.24) is 14.7 Å². The summed E-state index contributed by atoms with van der Waals surface area (Å²) in [7, 11) is 0. The molecule has 5 heteroatoms. The Morgan fingerprint density at radius 1 is 1.28 bits per heavy atom. The lowest BCUT2D eigenvalue weighted by atomic mass is 9.95. The van der Waals surface area contributed by atoms with Gasteiger partial charge in [-0.15, -0.1) is 0 Å². The van der Waals surface area contributed by atoms with Crippen LogP contribution in [-0.2, 0) is 16.0 Å². The summed E-state index contributed by atoms with van der Waals surface area (Å²) in [5.41, 5.74) is 3.69. The van der Waals surface area contributed by atoms with Gasteiger partial charge in [0.05, 0.1) is 31.4 Å². The summed E-state index contributed by atoms with van der Waals surface area (Å²) in [6, 6.07) is 8.74. The minimum atomic E-state index is -0.0936. The van der Waals surface area contributed by atoms with Crippen molar-refractivity contribution >= 4 is 5.91 Å². The zero-order valence-corrected chi connectivity index (χ0v) is 14.7. The van der Waals surface area contributed by atoms with Crippen LogP contribution in [-0.4, -0.2) is 40.3 Å². The molecule has 0 aliphatic carbocycles. The predicted molar refractivity (Wildman–Crippen MR) is 95.3 cm³/mol. The zero-order valence-electron chi connectivity index (χ0n) is 14.7. The van der Waals surface area contributed by atoms with Crippen molar-refractivity contribution in [2.45, 2.75) is 44.8 Å². The molecule has 25 heavy (non-hydrogen) atoms. The molecule has 1 atom stereocenters. The number of rotatable bonds is 3. The van der Waals surface area contributed by atoms with Crippen LogP contribution in [0, 0.1) is 6.92 Å². The van der Waals surface area contributed by atoms with Gasteiger partial charge >= 0.3 is 0 Å². The molecule has 0 unspecified atom stereocenters. The highest BCUT2D eigenvalue weighted by molar-refractivity contribution is 5.77. The molecule has 2 aliphatic rings. The van der Waals surface area contributed by atoms with E-state index in [2.05, 4.69) is 41.1 Å². The number of amides is 1. The second-order valence-corrected chi connectivity index (χ2v) is 7.12. The fourth-order valence-electron chi connectivity index (χ4n) is 3.95. The van der Waals surface area contributed by atoms with Crippen molar-refractivity contribution in [3.63, 3.8) is 0 Å². The number of hydrogen-bond donors (Lipinski definition) is 0. The molecule has 2 aromatic rings. The molecule has 4 rings (SSSR count). The summed E-state index contributed by atoms with van der Waals surface area (Å²) in [4.78, 5) is 14.7. The summed E-state index contributed by atoms with van der Waals surface area (Å²) >= 11 is 0. The lowest BCUT2D eigenvalue weighted by molar-refractivity contribution is -0.136. The van der Waals surface area contributed by atoms with E-state index in [0.29, 0.717) is 19.1 Å². The van der Waals surface area contributed by atoms with Crippen LogP contribution in [0.15, 0.2) is 36.7 Å². The number of ether oxygens (including phenoxy) is 1. The molecule has 2 aliphatic heterocycles. The summed E-state index contributed by atoms with van der Waals surface area (Å²) < 4.78 is 7.95. The van der Waals surface area contributed by atoms with E-state index < -0.39 is 0 Å². The molecule has 0 radical (unpaired) electrons. The van der Waals surface area contributed by atoms with Crippen LogP contribution in [0.4, 0.5) is 0 Å². The third-order valence-corrected chi connectivity index (χ3v) is 5.37. The Hall–Kier alpha value is -2.14. The highest BCUT2D eigenvalue weighted by atomic mass is 16.5. The Balaban J connectivity index is 1.35. The Bertz CT molecular complexity index is 747. The van der Waals surface area contributed by atoms with Crippen LogP contribution in [0.2, 0.25) is 0 Å². The van der Waals surface area contributed by atoms with E-state index in [4.69, 9.17) is 4.74 Å². The van der Waals surface area contributed by atoms with E-state index in [1.165, 1.54) is 16.7 Å². The number of hydrogen-bond acceptors (Lipinski definition) is 3. The standard InChI is InChI=1S/C20H25N3O2/c1-15-13-21-23(14-15)17-6-9-22(10-7-17)20(24)12-19-18-5-3-2-4-16(18)8-11-25-19/h2-5,13-14,17,19H,6-12H2,1H3/t19-/m0/s1. The molecule has 1 aromatic carbocycles. The van der Waals surface area contributed by atoms with Gasteiger partial charge in [0, 0.05) is 19.3 Å². The smallest absolute Gasteiger partial charge is 0.225 e. The molecule has 0 spiro atoms. The first-order valence-electron chi connectivity index (χ1n) is 9.18. The fraction of sp³-hybridized carbons (Fsp3) is 0.500. The Kier molecular flexibility index (Phi) is 4.57. The molecule has 0 saturated carbocycles. The SMILES string of the molecule is Cc1cnn(C2CCN(C(=O)C[C@@H]3OCCc4ccccc43)CC2)c1. The quantitative estimate of drug-likeness (QED) is 0.863. The molecule has 132 valence electrons. The van der Waals surface area contributed by atoms with E-state index in [1.807, 2.05) is 17.2 Å². The number of fused-ring (bicyclic) bond motifs is 1. The first-order valence-corrected chi connectivity index (χ1v) is 9.18. The molecule has 1 amide bonds. The van der Waals surface area contributed by atoms with Crippen LogP contribution in [0.25, 0.3) is 0 Å². The second-order valence-electron chi connectivity index (χ2n) is 7.12. The average molecular weight is 339 g/mol. The van der Waals surface area contributed by atoms with Crippen LogP contribution in [0.3, 0.4) is 0 Å². The van der Waals surface area contributed by atoms with Crippen LogP contribution < -0.4 is 0 Å². The number of nitrogens with zero attached hydrogens (tertiary/aromatic N) is 3. The lowest BCUT2D eigenvalue weighted by Crippen LogP contribution is -2.40. The normalized spacial score (nSPS) is 21.2.